The van der Waals surface area contributed by atoms with E-state index in [1.54, 1.807) is 0 Å². The number of hydrogen-bond donors (Lipinski definition) is 1. The molecular weight excluding hydrogens is 761 g/mol. The molecule has 0 aliphatic heterocycles. The van der Waals surface area contributed by atoms with Gasteiger partial charge in [0.1, 0.15) is 0 Å². The highest BCUT2D eigenvalue weighted by Crippen LogP contribution is 2.61. The van der Waals surface area contributed by atoms with Gasteiger partial charge >= 0.3 is 0 Å². The number of nitrogens with one attached hydrogen (secondary N) is 1. The fraction of sp³-hybridized carbons (Fsp3) is 0.0820. The second-order valence-corrected chi connectivity index (χ2v) is 16.4. The highest BCUT2D eigenvalue weighted by Gasteiger charge is 2.55. The van der Waals surface area contributed by atoms with Crippen LogP contribution in [0, 0.1) is 5.92 Å². The van der Waals surface area contributed by atoms with Crippen molar-refractivity contribution in [1.29, 1.82) is 0 Å². The first-order chi connectivity index (χ1) is 31.3. The minimum Gasteiger partial charge on any atom is -0.362 e. The van der Waals surface area contributed by atoms with Gasteiger partial charge in [-0.3, -0.25) is 0 Å². The SMILES string of the molecule is C1=CCC(C2(c3ccccc3)c3ccccc3C(/C(=C/C=C/Nc3ccccc3)Cc3ccccc3)(c3ccc(N(c4ccccc4)c4ccccc4)cc3)c3ccccc32)C=C1. The fourth-order valence-corrected chi connectivity index (χ4v) is 10.4. The number of fused-ring (bicyclic) bond motifs is 2. The largest absolute Gasteiger partial charge is 0.362 e. The Morgan fingerprint density at radius 2 is 0.984 bits per heavy atom. The van der Waals surface area contributed by atoms with Gasteiger partial charge in [0.05, 0.1) is 10.8 Å². The smallest absolute Gasteiger partial charge is 0.0674 e. The predicted octanol–water partition coefficient (Wildman–Crippen LogP) is 15.1. The molecule has 0 radical (unpaired) electrons. The molecule has 63 heavy (non-hydrogen) atoms. The van der Waals surface area contributed by atoms with Crippen LogP contribution in [0.3, 0.4) is 0 Å². The third kappa shape index (κ3) is 7.24. The Morgan fingerprint density at radius 1 is 0.492 bits per heavy atom. The highest BCUT2D eigenvalue weighted by atomic mass is 15.1. The Morgan fingerprint density at radius 3 is 1.54 bits per heavy atom. The zero-order valence-electron chi connectivity index (χ0n) is 35.3. The zero-order chi connectivity index (χ0) is 42.3. The van der Waals surface area contributed by atoms with E-state index in [0.29, 0.717) is 0 Å². The standard InChI is InChI=1S/C61H50N2/c1-7-24-47(25-8-1)46-51(30-23-45-62-52-31-13-4-14-32-52)61(50-41-43-55(44-42-50)63(53-33-15-5-16-34-53)54-35-17-6-18-36-54)58-39-21-19-37-56(58)60(48-26-9-2-10-27-48,49-28-11-3-12-29-49)57-38-20-22-40-59(57)61/h1-28,30-45,49,62H,29,46H2/b45-23+,51-30+. The van der Waals surface area contributed by atoms with E-state index in [9.17, 15) is 0 Å². The molecule has 2 aliphatic rings. The molecule has 0 spiro atoms. The number of para-hydroxylation sites is 3. The minimum atomic E-state index is -0.685. The summed E-state index contributed by atoms with van der Waals surface area (Å²) in [5.74, 6) is 0.189. The van der Waals surface area contributed by atoms with Crippen LogP contribution in [-0.2, 0) is 17.3 Å². The summed E-state index contributed by atoms with van der Waals surface area (Å²) < 4.78 is 0. The first kappa shape index (κ1) is 39.5. The van der Waals surface area contributed by atoms with Gasteiger partial charge in [0.15, 0.2) is 0 Å². The van der Waals surface area contributed by atoms with Gasteiger partial charge in [-0.15, -0.1) is 0 Å². The molecule has 8 aromatic carbocycles. The summed E-state index contributed by atoms with van der Waals surface area (Å²) in [5, 5.41) is 3.54. The maximum Gasteiger partial charge on any atom is 0.0674 e. The van der Waals surface area contributed by atoms with Crippen LogP contribution in [0.4, 0.5) is 22.7 Å². The Hall–Kier alpha value is -7.68. The first-order valence-electron chi connectivity index (χ1n) is 22.1. The summed E-state index contributed by atoms with van der Waals surface area (Å²) in [5.41, 5.74) is 13.6. The molecule has 10 rings (SSSR count). The summed E-state index contributed by atoms with van der Waals surface area (Å²) in [6.45, 7) is 0. The van der Waals surface area contributed by atoms with Crippen LogP contribution in [0.25, 0.3) is 0 Å². The van der Waals surface area contributed by atoms with Gasteiger partial charge < -0.3 is 10.2 Å². The van der Waals surface area contributed by atoms with Crippen molar-refractivity contribution >= 4 is 22.7 Å². The van der Waals surface area contributed by atoms with Gasteiger partial charge in [-0.25, -0.2) is 0 Å². The molecule has 8 aromatic rings. The maximum atomic E-state index is 3.54. The summed E-state index contributed by atoms with van der Waals surface area (Å²) in [7, 11) is 0. The van der Waals surface area contributed by atoms with Crippen molar-refractivity contribution in [3.63, 3.8) is 0 Å². The van der Waals surface area contributed by atoms with E-state index < -0.39 is 10.8 Å². The lowest BCUT2D eigenvalue weighted by Crippen LogP contribution is -2.48. The molecule has 1 atom stereocenters. The Labute approximate surface area is 372 Å². The van der Waals surface area contributed by atoms with Gasteiger partial charge in [-0.2, -0.15) is 0 Å². The van der Waals surface area contributed by atoms with Crippen LogP contribution in [0.15, 0.2) is 273 Å². The van der Waals surface area contributed by atoms with Crippen LogP contribution in [-0.4, -0.2) is 0 Å². The van der Waals surface area contributed by atoms with E-state index in [0.717, 1.165) is 35.6 Å². The molecule has 0 saturated carbocycles. The van der Waals surface area contributed by atoms with Crippen LogP contribution in [0.5, 0.6) is 0 Å². The van der Waals surface area contributed by atoms with Crippen molar-refractivity contribution in [3.05, 3.63) is 312 Å². The topological polar surface area (TPSA) is 15.3 Å². The number of allylic oxidation sites excluding steroid dienone is 7. The van der Waals surface area contributed by atoms with Crippen LogP contribution < -0.4 is 10.2 Å². The third-order valence-electron chi connectivity index (χ3n) is 13.0. The molecule has 0 fully saturated rings. The van der Waals surface area contributed by atoms with Gasteiger partial charge in [-0.1, -0.05) is 206 Å². The van der Waals surface area contributed by atoms with Gasteiger partial charge in [0.25, 0.3) is 0 Å². The molecular formula is C61H50N2. The number of nitrogens with zero attached hydrogens (tertiary/aromatic N) is 1. The second-order valence-electron chi connectivity index (χ2n) is 16.4. The normalized spacial score (nSPS) is 19.0. The Kier molecular flexibility index (Phi) is 11.1. The summed E-state index contributed by atoms with van der Waals surface area (Å²) >= 11 is 0. The van der Waals surface area contributed by atoms with E-state index in [1.807, 2.05) is 6.07 Å². The first-order valence-corrected chi connectivity index (χ1v) is 22.1. The molecule has 0 heterocycles. The van der Waals surface area contributed by atoms with Crippen LogP contribution in [0.2, 0.25) is 0 Å². The average Bonchev–Trinajstić information content (AvgIpc) is 3.36. The van der Waals surface area contributed by atoms with E-state index in [4.69, 9.17) is 0 Å². The van der Waals surface area contributed by atoms with Gasteiger partial charge in [0.2, 0.25) is 0 Å². The lowest BCUT2D eigenvalue weighted by atomic mass is 9.48. The molecule has 304 valence electrons. The quantitative estimate of drug-likeness (QED) is 0.124. The molecule has 2 heteroatoms. The molecule has 0 amide bonds. The Bertz CT molecular complexity index is 2810. The lowest BCUT2D eigenvalue weighted by Gasteiger charge is -2.53. The van der Waals surface area contributed by atoms with Gasteiger partial charge in [-0.05, 0) is 118 Å². The molecule has 0 aromatic heterocycles. The van der Waals surface area contributed by atoms with Crippen molar-refractivity contribution in [2.45, 2.75) is 23.7 Å². The monoisotopic (exact) mass is 810 g/mol. The number of benzene rings is 8. The summed E-state index contributed by atoms with van der Waals surface area (Å²) in [4.78, 5) is 2.35. The van der Waals surface area contributed by atoms with E-state index in [2.05, 4.69) is 271 Å². The highest BCUT2D eigenvalue weighted by molar-refractivity contribution is 5.78. The number of rotatable bonds is 12. The molecule has 2 nitrogen and oxygen atoms in total. The maximum absolute atomic E-state index is 3.54. The summed E-state index contributed by atoms with van der Waals surface area (Å²) in [6, 6.07) is 82.1. The Balaban J connectivity index is 1.27. The second kappa shape index (κ2) is 17.7. The number of anilines is 4. The molecule has 1 N–H and O–H groups in total. The average molecular weight is 811 g/mol. The van der Waals surface area contributed by atoms with Crippen LogP contribution >= 0.6 is 0 Å². The minimum absolute atomic E-state index is 0.189. The molecule has 1 unspecified atom stereocenters. The van der Waals surface area contributed by atoms with Crippen LogP contribution in [0.1, 0.15) is 45.4 Å². The van der Waals surface area contributed by atoms with Crippen molar-refractivity contribution in [2.24, 2.45) is 5.92 Å². The lowest BCUT2D eigenvalue weighted by molar-refractivity contribution is 0.419. The molecule has 0 bridgehead atoms. The van der Waals surface area contributed by atoms with Crippen molar-refractivity contribution in [3.8, 4) is 0 Å². The fourth-order valence-electron chi connectivity index (χ4n) is 10.4. The molecule has 0 saturated heterocycles. The van der Waals surface area contributed by atoms with Gasteiger partial charge in [0, 0.05) is 28.9 Å². The van der Waals surface area contributed by atoms with Crippen molar-refractivity contribution < 1.29 is 0 Å². The van der Waals surface area contributed by atoms with Crippen molar-refractivity contribution in [2.75, 3.05) is 10.2 Å². The summed E-state index contributed by atoms with van der Waals surface area (Å²) in [6.07, 6.45) is 17.6. The number of hydrogen-bond acceptors (Lipinski definition) is 2. The zero-order valence-corrected chi connectivity index (χ0v) is 35.3. The van der Waals surface area contributed by atoms with Crippen molar-refractivity contribution in [1.82, 2.24) is 0 Å². The van der Waals surface area contributed by atoms with E-state index >= 15 is 0 Å². The van der Waals surface area contributed by atoms with E-state index in [1.165, 1.54) is 44.5 Å². The predicted molar refractivity (Wildman–Crippen MR) is 264 cm³/mol. The van der Waals surface area contributed by atoms with E-state index in [-0.39, 0.29) is 5.92 Å². The molecule has 2 aliphatic carbocycles. The third-order valence-corrected chi connectivity index (χ3v) is 13.0.